The van der Waals surface area contributed by atoms with Gasteiger partial charge in [-0.3, -0.25) is 0 Å². The van der Waals surface area contributed by atoms with E-state index in [0.29, 0.717) is 5.95 Å². The molecule has 0 atom stereocenters. The van der Waals surface area contributed by atoms with E-state index in [1.165, 1.54) is 4.79 Å². The summed E-state index contributed by atoms with van der Waals surface area (Å²) in [4.78, 5) is 1.33. The summed E-state index contributed by atoms with van der Waals surface area (Å²) in [6, 6.07) is 17.2. The molecule has 2 aromatic carbocycles. The van der Waals surface area contributed by atoms with Gasteiger partial charge in [0.1, 0.15) is 5.75 Å². The number of para-hydroxylation sites is 1. The summed E-state index contributed by atoms with van der Waals surface area (Å²) in [5.74, 6) is 1.24. The summed E-state index contributed by atoms with van der Waals surface area (Å²) in [7, 11) is 1.63. The van der Waals surface area contributed by atoms with Gasteiger partial charge in [0.2, 0.25) is 0 Å². The van der Waals surface area contributed by atoms with Gasteiger partial charge >= 0.3 is 0 Å². The lowest BCUT2D eigenvalue weighted by Crippen LogP contribution is -2.01. The third-order valence-electron chi connectivity index (χ3n) is 2.92. The molecule has 110 valence electrons. The van der Waals surface area contributed by atoms with Gasteiger partial charge in [0.15, 0.2) is 0 Å². The standard InChI is InChI=1S/C15H14N6O/c1-22-14-9-7-12(8-10-14)11-16-21-15(18-19-20-21)17-13-5-3-2-4-6-13/h2-11H,1H3,(H,17,18,20)/b16-11+. The fraction of sp³-hybridized carbons (Fsp3) is 0.0667. The van der Waals surface area contributed by atoms with E-state index in [1.807, 2.05) is 54.6 Å². The summed E-state index contributed by atoms with van der Waals surface area (Å²) in [6.07, 6.45) is 1.67. The molecule has 3 aromatic rings. The predicted molar refractivity (Wildman–Crippen MR) is 83.5 cm³/mol. The van der Waals surface area contributed by atoms with Gasteiger partial charge in [-0.05, 0) is 52.4 Å². The molecule has 0 fully saturated rings. The van der Waals surface area contributed by atoms with Crippen molar-refractivity contribution in [3.63, 3.8) is 0 Å². The predicted octanol–water partition coefficient (Wildman–Crippen LogP) is 2.31. The molecular formula is C15H14N6O. The quantitative estimate of drug-likeness (QED) is 0.731. The third-order valence-corrected chi connectivity index (χ3v) is 2.92. The number of aromatic nitrogens is 4. The molecule has 0 saturated heterocycles. The fourth-order valence-corrected chi connectivity index (χ4v) is 1.80. The first-order valence-corrected chi connectivity index (χ1v) is 6.64. The van der Waals surface area contributed by atoms with Crippen LogP contribution in [0.5, 0.6) is 5.75 Å². The molecule has 0 aliphatic rings. The van der Waals surface area contributed by atoms with Crippen molar-refractivity contribution in [3.05, 3.63) is 60.2 Å². The molecule has 7 nitrogen and oxygen atoms in total. The van der Waals surface area contributed by atoms with Crippen LogP contribution >= 0.6 is 0 Å². The van der Waals surface area contributed by atoms with Crippen molar-refractivity contribution in [3.8, 4) is 5.75 Å². The van der Waals surface area contributed by atoms with Gasteiger partial charge in [0.05, 0.1) is 13.3 Å². The van der Waals surface area contributed by atoms with Crippen molar-refractivity contribution in [2.24, 2.45) is 5.10 Å². The molecule has 3 rings (SSSR count). The number of hydrogen-bond donors (Lipinski definition) is 1. The average Bonchev–Trinajstić information content (AvgIpc) is 3.01. The highest BCUT2D eigenvalue weighted by molar-refractivity contribution is 5.79. The minimum atomic E-state index is 0.441. The monoisotopic (exact) mass is 294 g/mol. The number of tetrazole rings is 1. The normalized spacial score (nSPS) is 10.8. The Morgan fingerprint density at radius 1 is 1.09 bits per heavy atom. The first-order valence-electron chi connectivity index (χ1n) is 6.64. The van der Waals surface area contributed by atoms with Crippen LogP contribution < -0.4 is 10.1 Å². The molecule has 0 bridgehead atoms. The number of ether oxygens (including phenoxy) is 1. The topological polar surface area (TPSA) is 77.2 Å². The van der Waals surface area contributed by atoms with Crippen LogP contribution in [0.25, 0.3) is 0 Å². The highest BCUT2D eigenvalue weighted by atomic mass is 16.5. The van der Waals surface area contributed by atoms with Gasteiger partial charge in [0, 0.05) is 5.69 Å². The molecule has 22 heavy (non-hydrogen) atoms. The van der Waals surface area contributed by atoms with Gasteiger partial charge < -0.3 is 10.1 Å². The molecule has 0 aliphatic heterocycles. The van der Waals surface area contributed by atoms with Gasteiger partial charge in [-0.1, -0.05) is 28.1 Å². The summed E-state index contributed by atoms with van der Waals surface area (Å²) in [6.45, 7) is 0. The summed E-state index contributed by atoms with van der Waals surface area (Å²) >= 11 is 0. The molecule has 0 radical (unpaired) electrons. The Morgan fingerprint density at radius 3 is 2.59 bits per heavy atom. The van der Waals surface area contributed by atoms with Gasteiger partial charge in [0.25, 0.3) is 5.95 Å². The second-order valence-electron chi connectivity index (χ2n) is 4.40. The van der Waals surface area contributed by atoms with Crippen molar-refractivity contribution in [1.82, 2.24) is 20.3 Å². The van der Waals surface area contributed by atoms with Crippen LogP contribution in [0.4, 0.5) is 11.6 Å². The maximum absolute atomic E-state index is 5.11. The zero-order chi connectivity index (χ0) is 15.2. The fourth-order valence-electron chi connectivity index (χ4n) is 1.80. The maximum atomic E-state index is 5.11. The summed E-state index contributed by atoms with van der Waals surface area (Å²) in [5.41, 5.74) is 1.81. The number of nitrogens with one attached hydrogen (secondary N) is 1. The number of anilines is 2. The SMILES string of the molecule is COc1ccc(/C=N/n2nnnc2Nc2ccccc2)cc1. The van der Waals surface area contributed by atoms with Crippen LogP contribution in [0.2, 0.25) is 0 Å². The van der Waals surface area contributed by atoms with Crippen LogP contribution in [0.3, 0.4) is 0 Å². The molecule has 1 aromatic heterocycles. The minimum absolute atomic E-state index is 0.441. The Morgan fingerprint density at radius 2 is 1.86 bits per heavy atom. The smallest absolute Gasteiger partial charge is 0.269 e. The molecule has 7 heteroatoms. The van der Waals surface area contributed by atoms with E-state index in [-0.39, 0.29) is 0 Å². The van der Waals surface area contributed by atoms with Crippen molar-refractivity contribution in [2.75, 3.05) is 12.4 Å². The molecule has 0 unspecified atom stereocenters. The molecular weight excluding hydrogens is 280 g/mol. The number of nitrogens with zero attached hydrogens (tertiary/aromatic N) is 5. The largest absolute Gasteiger partial charge is 0.497 e. The second kappa shape index (κ2) is 6.49. The molecule has 0 aliphatic carbocycles. The van der Waals surface area contributed by atoms with Crippen LogP contribution in [0, 0.1) is 0 Å². The second-order valence-corrected chi connectivity index (χ2v) is 4.40. The van der Waals surface area contributed by atoms with Crippen LogP contribution in [0.1, 0.15) is 5.56 Å². The number of methoxy groups -OCH3 is 1. The third kappa shape index (κ3) is 3.26. The highest BCUT2D eigenvalue weighted by Crippen LogP contribution is 2.13. The van der Waals surface area contributed by atoms with E-state index in [0.717, 1.165) is 17.0 Å². The number of hydrogen-bond acceptors (Lipinski definition) is 6. The van der Waals surface area contributed by atoms with E-state index in [2.05, 4.69) is 25.9 Å². The maximum Gasteiger partial charge on any atom is 0.269 e. The number of rotatable bonds is 5. The van der Waals surface area contributed by atoms with Crippen molar-refractivity contribution in [1.29, 1.82) is 0 Å². The van der Waals surface area contributed by atoms with Gasteiger partial charge in [-0.25, -0.2) is 0 Å². The Balaban J connectivity index is 1.75. The van der Waals surface area contributed by atoms with Crippen molar-refractivity contribution in [2.45, 2.75) is 0 Å². The van der Waals surface area contributed by atoms with E-state index < -0.39 is 0 Å². The van der Waals surface area contributed by atoms with E-state index >= 15 is 0 Å². The zero-order valence-corrected chi connectivity index (χ0v) is 11.9. The first-order chi connectivity index (χ1) is 10.8. The lowest BCUT2D eigenvalue weighted by atomic mass is 10.2. The molecule has 1 heterocycles. The number of benzene rings is 2. The van der Waals surface area contributed by atoms with Crippen molar-refractivity contribution >= 4 is 17.9 Å². The lowest BCUT2D eigenvalue weighted by Gasteiger charge is -2.02. The highest BCUT2D eigenvalue weighted by Gasteiger charge is 2.04. The molecule has 0 spiro atoms. The zero-order valence-electron chi connectivity index (χ0n) is 11.9. The molecule has 0 amide bonds. The molecule has 0 saturated carbocycles. The average molecular weight is 294 g/mol. The van der Waals surface area contributed by atoms with Crippen LogP contribution in [-0.2, 0) is 0 Å². The molecule has 1 N–H and O–H groups in total. The van der Waals surface area contributed by atoms with E-state index in [4.69, 9.17) is 4.74 Å². The van der Waals surface area contributed by atoms with E-state index in [9.17, 15) is 0 Å². The summed E-state index contributed by atoms with van der Waals surface area (Å²) < 4.78 is 5.11. The van der Waals surface area contributed by atoms with Gasteiger partial charge in [-0.15, -0.1) is 0 Å². The lowest BCUT2D eigenvalue weighted by molar-refractivity contribution is 0.415. The van der Waals surface area contributed by atoms with Crippen LogP contribution in [0.15, 0.2) is 59.7 Å². The van der Waals surface area contributed by atoms with E-state index in [1.54, 1.807) is 13.3 Å². The van der Waals surface area contributed by atoms with Gasteiger partial charge in [-0.2, -0.15) is 5.10 Å². The Labute approximate surface area is 127 Å². The Bertz CT molecular complexity index is 751. The summed E-state index contributed by atoms with van der Waals surface area (Å²) in [5, 5.41) is 18.7. The van der Waals surface area contributed by atoms with Crippen molar-refractivity contribution < 1.29 is 4.74 Å². The van der Waals surface area contributed by atoms with Crippen LogP contribution in [-0.4, -0.2) is 33.6 Å². The first kappa shape index (κ1) is 13.7. The minimum Gasteiger partial charge on any atom is -0.497 e. The Hall–Kier alpha value is -3.22. The Kier molecular flexibility index (Phi) is 4.05.